The highest BCUT2D eigenvalue weighted by Crippen LogP contribution is 2.21. The van der Waals surface area contributed by atoms with Crippen LogP contribution in [0.25, 0.3) is 0 Å². The molecule has 1 amide bonds. The van der Waals surface area contributed by atoms with Crippen molar-refractivity contribution in [1.82, 2.24) is 5.32 Å². The lowest BCUT2D eigenvalue weighted by atomic mass is 9.87. The lowest BCUT2D eigenvalue weighted by Crippen LogP contribution is -2.43. The van der Waals surface area contributed by atoms with Crippen molar-refractivity contribution in [3.8, 4) is 0 Å². The number of nitrogens with two attached hydrogens (primary N) is 1. The van der Waals surface area contributed by atoms with Crippen molar-refractivity contribution < 1.29 is 14.7 Å². The molecule has 1 aromatic carbocycles. The Labute approximate surface area is 119 Å². The number of benzene rings is 1. The summed E-state index contributed by atoms with van der Waals surface area (Å²) >= 11 is 0. The van der Waals surface area contributed by atoms with Gasteiger partial charge in [0.05, 0.1) is 11.3 Å². The van der Waals surface area contributed by atoms with Gasteiger partial charge in [-0.25, -0.2) is 0 Å². The zero-order valence-electron chi connectivity index (χ0n) is 11.9. The van der Waals surface area contributed by atoms with Crippen LogP contribution in [0.1, 0.15) is 31.7 Å². The third-order valence-corrected chi connectivity index (χ3v) is 3.70. The fourth-order valence-electron chi connectivity index (χ4n) is 1.84. The molecular weight excluding hydrogens is 256 g/mol. The zero-order valence-corrected chi connectivity index (χ0v) is 11.9. The smallest absolute Gasteiger partial charge is 0.311 e. The van der Waals surface area contributed by atoms with E-state index in [-0.39, 0.29) is 19.0 Å². The van der Waals surface area contributed by atoms with Crippen molar-refractivity contribution in [3.05, 3.63) is 35.9 Å². The van der Waals surface area contributed by atoms with Gasteiger partial charge in [0, 0.05) is 13.1 Å². The maximum atomic E-state index is 12.2. The standard InChI is InChI=1S/C15H22N2O3/c1-3-15(2,14(19)20)10-17-13(18)12(9-16)11-7-5-4-6-8-11/h4-8,12H,3,9-10,16H2,1-2H3,(H,17,18)(H,19,20). The average Bonchev–Trinajstić information content (AvgIpc) is 2.46. The number of carbonyl (C=O) groups excluding carboxylic acids is 1. The van der Waals surface area contributed by atoms with Crippen LogP contribution in [0, 0.1) is 5.41 Å². The number of amides is 1. The predicted octanol–water partition coefficient (Wildman–Crippen LogP) is 1.35. The normalized spacial score (nSPS) is 15.2. The van der Waals surface area contributed by atoms with Crippen LogP contribution in [-0.2, 0) is 9.59 Å². The van der Waals surface area contributed by atoms with Crippen LogP contribution in [0.15, 0.2) is 30.3 Å². The Kier molecular flexibility index (Phi) is 5.70. The van der Waals surface area contributed by atoms with E-state index in [0.29, 0.717) is 6.42 Å². The van der Waals surface area contributed by atoms with Gasteiger partial charge in [0.15, 0.2) is 0 Å². The van der Waals surface area contributed by atoms with E-state index in [4.69, 9.17) is 5.73 Å². The summed E-state index contributed by atoms with van der Waals surface area (Å²) in [5.74, 6) is -1.60. The average molecular weight is 278 g/mol. The van der Waals surface area contributed by atoms with Gasteiger partial charge in [-0.15, -0.1) is 0 Å². The van der Waals surface area contributed by atoms with Crippen molar-refractivity contribution in [2.45, 2.75) is 26.2 Å². The molecule has 5 nitrogen and oxygen atoms in total. The van der Waals surface area contributed by atoms with Gasteiger partial charge in [-0.05, 0) is 18.9 Å². The first-order chi connectivity index (χ1) is 9.44. The lowest BCUT2D eigenvalue weighted by Gasteiger charge is -2.24. The van der Waals surface area contributed by atoms with E-state index in [2.05, 4.69) is 5.32 Å². The molecule has 5 heteroatoms. The fourth-order valence-corrected chi connectivity index (χ4v) is 1.84. The van der Waals surface area contributed by atoms with E-state index in [9.17, 15) is 14.7 Å². The number of hydrogen-bond acceptors (Lipinski definition) is 3. The summed E-state index contributed by atoms with van der Waals surface area (Å²) in [5, 5.41) is 11.9. The molecule has 0 aliphatic heterocycles. The molecule has 0 aliphatic carbocycles. The van der Waals surface area contributed by atoms with Crippen LogP contribution in [0.4, 0.5) is 0 Å². The second kappa shape index (κ2) is 7.05. The monoisotopic (exact) mass is 278 g/mol. The number of rotatable bonds is 7. The van der Waals surface area contributed by atoms with Crippen LogP contribution in [-0.4, -0.2) is 30.1 Å². The molecule has 0 aromatic heterocycles. The Hall–Kier alpha value is -1.88. The number of carboxylic acids is 1. The van der Waals surface area contributed by atoms with E-state index in [1.54, 1.807) is 13.8 Å². The topological polar surface area (TPSA) is 92.4 Å². The van der Waals surface area contributed by atoms with Crippen LogP contribution < -0.4 is 11.1 Å². The quantitative estimate of drug-likeness (QED) is 0.702. The Morgan fingerprint density at radius 1 is 1.35 bits per heavy atom. The second-order valence-electron chi connectivity index (χ2n) is 5.14. The van der Waals surface area contributed by atoms with Gasteiger partial charge in [0.25, 0.3) is 0 Å². The molecule has 0 fully saturated rings. The molecule has 4 N–H and O–H groups in total. The van der Waals surface area contributed by atoms with E-state index in [0.717, 1.165) is 5.56 Å². The number of aliphatic carboxylic acids is 1. The van der Waals surface area contributed by atoms with Gasteiger partial charge >= 0.3 is 5.97 Å². The van der Waals surface area contributed by atoms with Crippen LogP contribution >= 0.6 is 0 Å². The Balaban J connectivity index is 2.72. The van der Waals surface area contributed by atoms with Crippen molar-refractivity contribution >= 4 is 11.9 Å². The van der Waals surface area contributed by atoms with Crippen LogP contribution in [0.3, 0.4) is 0 Å². The van der Waals surface area contributed by atoms with Crippen molar-refractivity contribution in [2.75, 3.05) is 13.1 Å². The highest BCUT2D eigenvalue weighted by molar-refractivity contribution is 5.84. The van der Waals surface area contributed by atoms with Gasteiger partial charge in [-0.1, -0.05) is 37.3 Å². The van der Waals surface area contributed by atoms with E-state index >= 15 is 0 Å². The Bertz CT molecular complexity index is 461. The summed E-state index contributed by atoms with van der Waals surface area (Å²) in [6, 6.07) is 9.24. The molecule has 2 unspecified atom stereocenters. The van der Waals surface area contributed by atoms with Gasteiger partial charge in [0.2, 0.25) is 5.91 Å². The molecule has 0 aliphatic rings. The molecule has 20 heavy (non-hydrogen) atoms. The van der Waals surface area contributed by atoms with Crippen molar-refractivity contribution in [2.24, 2.45) is 11.1 Å². The summed E-state index contributed by atoms with van der Waals surface area (Å²) in [7, 11) is 0. The Morgan fingerprint density at radius 3 is 2.40 bits per heavy atom. The van der Waals surface area contributed by atoms with E-state index < -0.39 is 17.3 Å². The molecule has 110 valence electrons. The zero-order chi connectivity index (χ0) is 15.2. The summed E-state index contributed by atoms with van der Waals surface area (Å²) in [4.78, 5) is 23.4. The molecule has 2 atom stereocenters. The largest absolute Gasteiger partial charge is 0.481 e. The minimum atomic E-state index is -0.953. The molecule has 0 radical (unpaired) electrons. The highest BCUT2D eigenvalue weighted by atomic mass is 16.4. The van der Waals surface area contributed by atoms with Crippen molar-refractivity contribution in [1.29, 1.82) is 0 Å². The minimum absolute atomic E-state index is 0.0982. The molecule has 0 spiro atoms. The maximum Gasteiger partial charge on any atom is 0.311 e. The molecule has 1 aromatic rings. The molecule has 0 bridgehead atoms. The van der Waals surface area contributed by atoms with Gasteiger partial charge in [-0.2, -0.15) is 0 Å². The van der Waals surface area contributed by atoms with Gasteiger partial charge < -0.3 is 16.2 Å². The SMILES string of the molecule is CCC(C)(CNC(=O)C(CN)c1ccccc1)C(=O)O. The number of carbonyl (C=O) groups is 2. The van der Waals surface area contributed by atoms with Gasteiger partial charge in [-0.3, -0.25) is 9.59 Å². The molecule has 0 saturated carbocycles. The maximum absolute atomic E-state index is 12.2. The van der Waals surface area contributed by atoms with E-state index in [1.165, 1.54) is 0 Å². The van der Waals surface area contributed by atoms with Crippen LogP contribution in [0.2, 0.25) is 0 Å². The number of hydrogen-bond donors (Lipinski definition) is 3. The molecule has 0 heterocycles. The first-order valence-electron chi connectivity index (χ1n) is 6.70. The summed E-state index contributed by atoms with van der Waals surface area (Å²) in [5.41, 5.74) is 5.54. The first kappa shape index (κ1) is 16.2. The highest BCUT2D eigenvalue weighted by Gasteiger charge is 2.32. The fraction of sp³-hybridized carbons (Fsp3) is 0.467. The van der Waals surface area contributed by atoms with Crippen molar-refractivity contribution in [3.63, 3.8) is 0 Å². The van der Waals surface area contributed by atoms with E-state index in [1.807, 2.05) is 30.3 Å². The number of carboxylic acid groups (broad SMARTS) is 1. The minimum Gasteiger partial charge on any atom is -0.481 e. The third kappa shape index (κ3) is 3.81. The van der Waals surface area contributed by atoms with Gasteiger partial charge in [0.1, 0.15) is 0 Å². The molecule has 1 rings (SSSR count). The summed E-state index contributed by atoms with van der Waals surface area (Å²) < 4.78 is 0. The third-order valence-electron chi connectivity index (χ3n) is 3.70. The summed E-state index contributed by atoms with van der Waals surface area (Å²) in [6.45, 7) is 3.69. The lowest BCUT2D eigenvalue weighted by molar-refractivity contribution is -0.148. The Morgan fingerprint density at radius 2 is 1.95 bits per heavy atom. The predicted molar refractivity (Wildman–Crippen MR) is 77.3 cm³/mol. The second-order valence-corrected chi connectivity index (χ2v) is 5.14. The summed E-state index contributed by atoms with van der Waals surface area (Å²) in [6.07, 6.45) is 0.446. The van der Waals surface area contributed by atoms with Crippen LogP contribution in [0.5, 0.6) is 0 Å². The molecule has 0 saturated heterocycles. The number of nitrogens with one attached hydrogen (secondary N) is 1. The first-order valence-corrected chi connectivity index (χ1v) is 6.70. The molecular formula is C15H22N2O3.